The van der Waals surface area contributed by atoms with Gasteiger partial charge in [-0.15, -0.1) is 0 Å². The predicted molar refractivity (Wildman–Crippen MR) is 107 cm³/mol. The van der Waals surface area contributed by atoms with Gasteiger partial charge in [0, 0.05) is 0 Å². The summed E-state index contributed by atoms with van der Waals surface area (Å²) in [4.78, 5) is 26.9. The van der Waals surface area contributed by atoms with Crippen LogP contribution in [0.1, 0.15) is 58.6 Å². The third kappa shape index (κ3) is 3.80. The van der Waals surface area contributed by atoms with Crippen LogP contribution in [0, 0.1) is 18.8 Å². The SMILES string of the molecule is CC1=C(C)C[C@H]2C(=O)N(CCOc3cc(C)ccc3C(C)(C)C)C(=O)[C@@H]2C1. The predicted octanol–water partition coefficient (Wildman–Crippen LogP) is 4.40. The molecule has 0 bridgehead atoms. The van der Waals surface area contributed by atoms with E-state index in [1.54, 1.807) is 0 Å². The molecule has 2 aliphatic rings. The van der Waals surface area contributed by atoms with E-state index in [1.165, 1.54) is 16.0 Å². The highest BCUT2D eigenvalue weighted by Gasteiger charge is 2.48. The second-order valence-electron chi connectivity index (χ2n) is 9.11. The van der Waals surface area contributed by atoms with Gasteiger partial charge in [-0.05, 0) is 56.2 Å². The van der Waals surface area contributed by atoms with E-state index >= 15 is 0 Å². The van der Waals surface area contributed by atoms with Gasteiger partial charge < -0.3 is 4.74 Å². The summed E-state index contributed by atoms with van der Waals surface area (Å²) < 4.78 is 6.04. The molecule has 1 aromatic rings. The zero-order valence-corrected chi connectivity index (χ0v) is 17.4. The summed E-state index contributed by atoms with van der Waals surface area (Å²) in [6, 6.07) is 6.22. The Morgan fingerprint density at radius 1 is 1.00 bits per heavy atom. The molecule has 0 radical (unpaired) electrons. The number of fused-ring (bicyclic) bond motifs is 1. The minimum atomic E-state index is -0.176. The number of amides is 2. The third-order valence-electron chi connectivity index (χ3n) is 5.95. The molecule has 1 fully saturated rings. The first-order valence-corrected chi connectivity index (χ1v) is 9.84. The number of hydrogen-bond donors (Lipinski definition) is 0. The van der Waals surface area contributed by atoms with E-state index in [0.29, 0.717) is 26.0 Å². The minimum Gasteiger partial charge on any atom is -0.491 e. The second kappa shape index (κ2) is 7.14. The average molecular weight is 370 g/mol. The van der Waals surface area contributed by atoms with Crippen molar-refractivity contribution in [2.45, 2.75) is 59.8 Å². The Balaban J connectivity index is 1.68. The van der Waals surface area contributed by atoms with E-state index in [2.05, 4.69) is 46.8 Å². The van der Waals surface area contributed by atoms with Crippen LogP contribution >= 0.6 is 0 Å². The minimum absolute atomic E-state index is 0.0271. The summed E-state index contributed by atoms with van der Waals surface area (Å²) in [6.07, 6.45) is 1.43. The zero-order valence-electron chi connectivity index (χ0n) is 17.4. The van der Waals surface area contributed by atoms with Crippen molar-refractivity contribution >= 4 is 11.8 Å². The lowest BCUT2D eigenvalue weighted by Gasteiger charge is -2.24. The average Bonchev–Trinajstić information content (AvgIpc) is 2.79. The maximum atomic E-state index is 12.8. The Bertz CT molecular complexity index is 768. The lowest BCUT2D eigenvalue weighted by atomic mass is 9.78. The fraction of sp³-hybridized carbons (Fsp3) is 0.565. The van der Waals surface area contributed by atoms with Gasteiger partial charge in [-0.2, -0.15) is 0 Å². The van der Waals surface area contributed by atoms with Crippen LogP contribution < -0.4 is 4.74 Å². The van der Waals surface area contributed by atoms with E-state index < -0.39 is 0 Å². The van der Waals surface area contributed by atoms with Gasteiger partial charge in [0.1, 0.15) is 12.4 Å². The molecule has 1 aliphatic carbocycles. The number of benzene rings is 1. The summed E-state index contributed by atoms with van der Waals surface area (Å²) in [5, 5.41) is 0. The second-order valence-corrected chi connectivity index (χ2v) is 9.11. The number of ether oxygens (including phenoxy) is 1. The summed E-state index contributed by atoms with van der Waals surface area (Å²) in [5.74, 6) is 0.435. The van der Waals surface area contributed by atoms with Gasteiger partial charge in [0.15, 0.2) is 0 Å². The highest BCUT2D eigenvalue weighted by Crippen LogP contribution is 2.40. The fourth-order valence-corrected chi connectivity index (χ4v) is 4.16. The Morgan fingerprint density at radius 3 is 2.07 bits per heavy atom. The molecule has 0 saturated carbocycles. The van der Waals surface area contributed by atoms with E-state index in [4.69, 9.17) is 4.74 Å². The highest BCUT2D eigenvalue weighted by atomic mass is 16.5. The molecule has 1 saturated heterocycles. The van der Waals surface area contributed by atoms with E-state index in [-0.39, 0.29) is 29.1 Å². The van der Waals surface area contributed by atoms with Crippen molar-refractivity contribution < 1.29 is 14.3 Å². The largest absolute Gasteiger partial charge is 0.491 e. The number of carbonyl (C=O) groups is 2. The molecule has 4 nitrogen and oxygen atoms in total. The van der Waals surface area contributed by atoms with Crippen molar-refractivity contribution in [1.29, 1.82) is 0 Å². The van der Waals surface area contributed by atoms with Gasteiger partial charge in [0.05, 0.1) is 18.4 Å². The standard InChI is InChI=1S/C23H31NO3/c1-14-7-8-19(23(4,5)6)20(11-14)27-10-9-24-21(25)17-12-15(2)16(3)13-18(17)22(24)26/h7-8,11,17-18H,9-10,12-13H2,1-6H3/t17-,18-/m1/s1. The molecule has 27 heavy (non-hydrogen) atoms. The number of likely N-dealkylation sites (tertiary alicyclic amines) is 1. The third-order valence-corrected chi connectivity index (χ3v) is 5.95. The molecule has 146 valence electrons. The van der Waals surface area contributed by atoms with Crippen LogP contribution in [-0.4, -0.2) is 29.9 Å². The van der Waals surface area contributed by atoms with E-state index in [0.717, 1.165) is 16.9 Å². The maximum absolute atomic E-state index is 12.8. The number of imide groups is 1. The summed E-state index contributed by atoms with van der Waals surface area (Å²) in [7, 11) is 0. The topological polar surface area (TPSA) is 46.6 Å². The van der Waals surface area contributed by atoms with E-state index in [9.17, 15) is 9.59 Å². The number of hydrogen-bond acceptors (Lipinski definition) is 3. The number of allylic oxidation sites excluding steroid dienone is 2. The van der Waals surface area contributed by atoms with Crippen LogP contribution in [0.2, 0.25) is 0 Å². The van der Waals surface area contributed by atoms with Crippen molar-refractivity contribution in [3.05, 3.63) is 40.5 Å². The molecule has 3 rings (SSSR count). The van der Waals surface area contributed by atoms with Crippen LogP contribution in [0.4, 0.5) is 0 Å². The van der Waals surface area contributed by atoms with Gasteiger partial charge in [-0.25, -0.2) is 0 Å². The van der Waals surface area contributed by atoms with Gasteiger partial charge in [-0.1, -0.05) is 44.1 Å². The van der Waals surface area contributed by atoms with Crippen molar-refractivity contribution in [2.24, 2.45) is 11.8 Å². The molecule has 1 aliphatic heterocycles. The molecule has 0 aromatic heterocycles. The molecule has 0 unspecified atom stereocenters. The van der Waals surface area contributed by atoms with Crippen LogP contribution in [0.15, 0.2) is 29.3 Å². The Hall–Kier alpha value is -2.10. The van der Waals surface area contributed by atoms with Gasteiger partial charge in [-0.3, -0.25) is 14.5 Å². The monoisotopic (exact) mass is 369 g/mol. The van der Waals surface area contributed by atoms with Crippen molar-refractivity contribution in [2.75, 3.05) is 13.2 Å². The summed E-state index contributed by atoms with van der Waals surface area (Å²) in [5.41, 5.74) is 4.75. The number of rotatable bonds is 4. The molecule has 0 spiro atoms. The smallest absolute Gasteiger partial charge is 0.233 e. The van der Waals surface area contributed by atoms with Crippen LogP contribution in [-0.2, 0) is 15.0 Å². The zero-order chi connectivity index (χ0) is 19.9. The van der Waals surface area contributed by atoms with Gasteiger partial charge in [0.2, 0.25) is 11.8 Å². The Kier molecular flexibility index (Phi) is 5.20. The molecule has 1 aromatic carbocycles. The summed E-state index contributed by atoms with van der Waals surface area (Å²) in [6.45, 7) is 13.3. The maximum Gasteiger partial charge on any atom is 0.233 e. The van der Waals surface area contributed by atoms with Crippen molar-refractivity contribution in [1.82, 2.24) is 4.90 Å². The van der Waals surface area contributed by atoms with Gasteiger partial charge in [0.25, 0.3) is 0 Å². The molecular formula is C23H31NO3. The first-order chi connectivity index (χ1) is 12.6. The van der Waals surface area contributed by atoms with Crippen LogP contribution in [0.3, 0.4) is 0 Å². The lowest BCUT2D eigenvalue weighted by molar-refractivity contribution is -0.140. The van der Waals surface area contributed by atoms with Gasteiger partial charge >= 0.3 is 0 Å². The molecule has 2 amide bonds. The van der Waals surface area contributed by atoms with E-state index in [1.807, 2.05) is 13.0 Å². The lowest BCUT2D eigenvalue weighted by Crippen LogP contribution is -2.35. The molecule has 4 heteroatoms. The first kappa shape index (κ1) is 19.7. The molecule has 0 N–H and O–H groups in total. The van der Waals surface area contributed by atoms with Crippen LogP contribution in [0.5, 0.6) is 5.75 Å². The molecule has 2 atom stereocenters. The fourth-order valence-electron chi connectivity index (χ4n) is 4.16. The Labute approximate surface area is 162 Å². The number of nitrogens with zero attached hydrogens (tertiary/aromatic N) is 1. The van der Waals surface area contributed by atoms with Crippen LogP contribution in [0.25, 0.3) is 0 Å². The first-order valence-electron chi connectivity index (χ1n) is 9.84. The normalized spacial score (nSPS) is 23.1. The quantitative estimate of drug-likeness (QED) is 0.584. The number of aryl methyl sites for hydroxylation is 1. The molecular weight excluding hydrogens is 338 g/mol. The Morgan fingerprint density at radius 2 is 1.56 bits per heavy atom. The highest BCUT2D eigenvalue weighted by molar-refractivity contribution is 6.05. The van der Waals surface area contributed by atoms with Crippen molar-refractivity contribution in [3.8, 4) is 5.75 Å². The molecule has 1 heterocycles. The summed E-state index contributed by atoms with van der Waals surface area (Å²) >= 11 is 0. The van der Waals surface area contributed by atoms with Crippen molar-refractivity contribution in [3.63, 3.8) is 0 Å². The number of carbonyl (C=O) groups excluding carboxylic acids is 2.